The highest BCUT2D eigenvalue weighted by Gasteiger charge is 2.36. The first-order chi connectivity index (χ1) is 7.14. The van der Waals surface area contributed by atoms with Crippen LogP contribution >= 0.6 is 11.8 Å². The number of nitrogens with one attached hydrogen (secondary N) is 2. The normalized spacial score (nSPS) is 27.1. The zero-order valence-electron chi connectivity index (χ0n) is 10.1. The molecular formula is C10H22N4S. The van der Waals surface area contributed by atoms with Crippen LogP contribution < -0.4 is 10.6 Å². The fourth-order valence-electron chi connectivity index (χ4n) is 1.77. The van der Waals surface area contributed by atoms with Crippen LogP contribution in [0.1, 0.15) is 6.42 Å². The van der Waals surface area contributed by atoms with Gasteiger partial charge in [0.2, 0.25) is 0 Å². The molecule has 1 aliphatic heterocycles. The summed E-state index contributed by atoms with van der Waals surface area (Å²) in [5, 5.41) is 6.41. The van der Waals surface area contributed by atoms with E-state index in [0.29, 0.717) is 0 Å². The van der Waals surface area contributed by atoms with Crippen LogP contribution in [0.4, 0.5) is 0 Å². The highest BCUT2D eigenvalue weighted by Crippen LogP contribution is 2.31. The lowest BCUT2D eigenvalue weighted by Gasteiger charge is -2.36. The van der Waals surface area contributed by atoms with E-state index in [1.807, 2.05) is 18.8 Å². The average molecular weight is 230 g/mol. The zero-order valence-corrected chi connectivity index (χ0v) is 10.9. The van der Waals surface area contributed by atoms with Crippen molar-refractivity contribution in [1.82, 2.24) is 15.5 Å². The van der Waals surface area contributed by atoms with Gasteiger partial charge in [0.15, 0.2) is 5.96 Å². The van der Waals surface area contributed by atoms with Crippen molar-refractivity contribution in [3.63, 3.8) is 0 Å². The molecule has 88 valence electrons. The van der Waals surface area contributed by atoms with Gasteiger partial charge in [-0.25, -0.2) is 0 Å². The molecule has 0 amide bonds. The Morgan fingerprint density at radius 1 is 1.53 bits per heavy atom. The number of nitrogens with zero attached hydrogens (tertiary/aromatic N) is 2. The molecule has 0 aromatic heterocycles. The molecule has 15 heavy (non-hydrogen) atoms. The van der Waals surface area contributed by atoms with E-state index < -0.39 is 0 Å². The molecule has 1 unspecified atom stereocenters. The van der Waals surface area contributed by atoms with E-state index in [9.17, 15) is 0 Å². The van der Waals surface area contributed by atoms with Gasteiger partial charge < -0.3 is 15.5 Å². The van der Waals surface area contributed by atoms with Crippen LogP contribution in [-0.4, -0.2) is 62.6 Å². The Morgan fingerprint density at radius 2 is 2.27 bits per heavy atom. The van der Waals surface area contributed by atoms with E-state index in [1.54, 1.807) is 7.05 Å². The first-order valence-electron chi connectivity index (χ1n) is 5.28. The largest absolute Gasteiger partial charge is 0.359 e. The van der Waals surface area contributed by atoms with Crippen molar-refractivity contribution in [1.29, 1.82) is 0 Å². The highest BCUT2D eigenvalue weighted by molar-refractivity contribution is 7.99. The Balaban J connectivity index is 2.53. The molecule has 1 heterocycles. The predicted molar refractivity (Wildman–Crippen MR) is 68.8 cm³/mol. The third-order valence-electron chi connectivity index (χ3n) is 3.08. The second-order valence-electron chi connectivity index (χ2n) is 4.10. The van der Waals surface area contributed by atoms with Gasteiger partial charge in [0, 0.05) is 31.9 Å². The molecule has 0 bridgehead atoms. The first-order valence-corrected chi connectivity index (χ1v) is 6.44. The van der Waals surface area contributed by atoms with Gasteiger partial charge in [-0.05, 0) is 26.3 Å². The van der Waals surface area contributed by atoms with E-state index in [-0.39, 0.29) is 5.54 Å². The molecule has 1 aliphatic rings. The van der Waals surface area contributed by atoms with Crippen LogP contribution in [0.5, 0.6) is 0 Å². The second kappa shape index (κ2) is 5.61. The fraction of sp³-hybridized carbons (Fsp3) is 0.900. The summed E-state index contributed by atoms with van der Waals surface area (Å²) in [7, 11) is 8.01. The van der Waals surface area contributed by atoms with Crippen molar-refractivity contribution in [3.05, 3.63) is 0 Å². The summed E-state index contributed by atoms with van der Waals surface area (Å²) in [5.41, 5.74) is 0.289. The first kappa shape index (κ1) is 12.6. The number of aliphatic imine (C=N–C) groups is 1. The Kier molecular flexibility index (Phi) is 4.73. The molecule has 0 aliphatic carbocycles. The van der Waals surface area contributed by atoms with E-state index >= 15 is 0 Å². The quantitative estimate of drug-likeness (QED) is 0.537. The van der Waals surface area contributed by atoms with Crippen LogP contribution in [0, 0.1) is 0 Å². The summed E-state index contributed by atoms with van der Waals surface area (Å²) < 4.78 is 0. The number of hydrogen-bond donors (Lipinski definition) is 2. The lowest BCUT2D eigenvalue weighted by atomic mass is 9.97. The standard InChI is InChI=1S/C10H22N4S/c1-11-9(12-2)13-7-10(14(3)4)5-6-15-8-10/h5-8H2,1-4H3,(H2,11,12,13). The van der Waals surface area contributed by atoms with Gasteiger partial charge in [0.25, 0.3) is 0 Å². The molecule has 5 heteroatoms. The Bertz CT molecular complexity index is 221. The van der Waals surface area contributed by atoms with Gasteiger partial charge in [-0.3, -0.25) is 4.99 Å². The molecule has 1 saturated heterocycles. The summed E-state index contributed by atoms with van der Waals surface area (Å²) >= 11 is 2.03. The average Bonchev–Trinajstić information content (AvgIpc) is 2.69. The third kappa shape index (κ3) is 3.01. The third-order valence-corrected chi connectivity index (χ3v) is 4.31. The number of rotatable bonds is 3. The molecule has 0 spiro atoms. The lowest BCUT2D eigenvalue weighted by molar-refractivity contribution is 0.183. The van der Waals surface area contributed by atoms with Gasteiger partial charge in [-0.15, -0.1) is 0 Å². The van der Waals surface area contributed by atoms with Crippen molar-refractivity contribution >= 4 is 17.7 Å². The van der Waals surface area contributed by atoms with E-state index in [2.05, 4.69) is 34.6 Å². The maximum Gasteiger partial charge on any atom is 0.190 e. The minimum atomic E-state index is 0.289. The monoisotopic (exact) mass is 230 g/mol. The smallest absolute Gasteiger partial charge is 0.190 e. The summed E-state index contributed by atoms with van der Waals surface area (Å²) in [4.78, 5) is 6.46. The van der Waals surface area contributed by atoms with Crippen LogP contribution in [0.25, 0.3) is 0 Å². The van der Waals surface area contributed by atoms with Gasteiger partial charge in [0.1, 0.15) is 0 Å². The molecule has 1 fully saturated rings. The molecule has 0 aromatic carbocycles. The summed E-state index contributed by atoms with van der Waals surface area (Å²) in [6.07, 6.45) is 1.25. The maximum absolute atomic E-state index is 4.13. The highest BCUT2D eigenvalue weighted by atomic mass is 32.2. The maximum atomic E-state index is 4.13. The topological polar surface area (TPSA) is 39.7 Å². The van der Waals surface area contributed by atoms with Crippen molar-refractivity contribution < 1.29 is 0 Å². The molecule has 0 saturated carbocycles. The molecular weight excluding hydrogens is 208 g/mol. The van der Waals surface area contributed by atoms with E-state index in [0.717, 1.165) is 12.5 Å². The minimum absolute atomic E-state index is 0.289. The summed E-state index contributed by atoms with van der Waals surface area (Å²) in [5.74, 6) is 3.33. The molecule has 0 aromatic rings. The van der Waals surface area contributed by atoms with Gasteiger partial charge in [-0.2, -0.15) is 11.8 Å². The SMILES string of the molecule is CN=C(NC)NCC1(N(C)C)CCSC1. The Labute approximate surface area is 96.9 Å². The van der Waals surface area contributed by atoms with Crippen LogP contribution in [-0.2, 0) is 0 Å². The second-order valence-corrected chi connectivity index (χ2v) is 5.20. The summed E-state index contributed by atoms with van der Waals surface area (Å²) in [6, 6.07) is 0. The van der Waals surface area contributed by atoms with Gasteiger partial charge in [-0.1, -0.05) is 0 Å². The number of thioether (sulfide) groups is 1. The number of guanidine groups is 1. The Hall–Kier alpha value is -0.420. The molecule has 4 nitrogen and oxygen atoms in total. The lowest BCUT2D eigenvalue weighted by Crippen LogP contribution is -2.54. The van der Waals surface area contributed by atoms with Crippen molar-refractivity contribution in [2.75, 3.05) is 46.2 Å². The predicted octanol–water partition coefficient (Wildman–Crippen LogP) is 0.219. The number of hydrogen-bond acceptors (Lipinski definition) is 3. The fourth-order valence-corrected chi connectivity index (χ4v) is 3.33. The zero-order chi connectivity index (χ0) is 11.3. The molecule has 2 N–H and O–H groups in total. The summed E-state index contributed by atoms with van der Waals surface area (Å²) in [6.45, 7) is 0.959. The van der Waals surface area contributed by atoms with Crippen molar-refractivity contribution in [2.45, 2.75) is 12.0 Å². The van der Waals surface area contributed by atoms with E-state index in [1.165, 1.54) is 17.9 Å². The van der Waals surface area contributed by atoms with Gasteiger partial charge in [0.05, 0.1) is 0 Å². The van der Waals surface area contributed by atoms with Gasteiger partial charge >= 0.3 is 0 Å². The van der Waals surface area contributed by atoms with Crippen LogP contribution in [0.15, 0.2) is 4.99 Å². The Morgan fingerprint density at radius 3 is 2.67 bits per heavy atom. The van der Waals surface area contributed by atoms with Crippen LogP contribution in [0.3, 0.4) is 0 Å². The van der Waals surface area contributed by atoms with Crippen molar-refractivity contribution in [3.8, 4) is 0 Å². The van der Waals surface area contributed by atoms with Crippen LogP contribution in [0.2, 0.25) is 0 Å². The molecule has 0 radical (unpaired) electrons. The van der Waals surface area contributed by atoms with E-state index in [4.69, 9.17) is 0 Å². The molecule has 1 atom stereocenters. The minimum Gasteiger partial charge on any atom is -0.359 e. The molecule has 1 rings (SSSR count). The van der Waals surface area contributed by atoms with Crippen molar-refractivity contribution in [2.24, 2.45) is 4.99 Å². The number of likely N-dealkylation sites (N-methyl/N-ethyl adjacent to an activating group) is 1.